The molecule has 4 rings (SSSR count). The van der Waals surface area contributed by atoms with Gasteiger partial charge in [-0.3, -0.25) is 0 Å². The van der Waals surface area contributed by atoms with Crippen LogP contribution in [0.1, 0.15) is 40.5 Å². The Morgan fingerprint density at radius 2 is 1.38 bits per heavy atom. The maximum Gasteiger partial charge on any atom is 1.00 e. The summed E-state index contributed by atoms with van der Waals surface area (Å²) in [4.78, 5) is 8.62. The summed E-state index contributed by atoms with van der Waals surface area (Å²) in [6.07, 6.45) is 11.8. The molecule has 4 nitrogen and oxygen atoms in total. The molecule has 0 radical (unpaired) electrons. The van der Waals surface area contributed by atoms with E-state index >= 15 is 0 Å². The van der Waals surface area contributed by atoms with Gasteiger partial charge in [0.1, 0.15) is 8.07 Å². The summed E-state index contributed by atoms with van der Waals surface area (Å²) in [6.45, 7) is 17.5. The van der Waals surface area contributed by atoms with Gasteiger partial charge in [0.2, 0.25) is 0 Å². The largest absolute Gasteiger partial charge is 1.00 e. The molecule has 0 N–H and O–H groups in total. The minimum atomic E-state index is -1.60. The van der Waals surface area contributed by atoms with E-state index in [0.29, 0.717) is 5.04 Å². The van der Waals surface area contributed by atoms with Crippen LogP contribution in [0, 0.1) is 6.92 Å². The normalized spacial score (nSPS) is 10.8. The average molecular weight is 467 g/mol. The molecular weight excluding hydrogens is 427 g/mol. The molecule has 0 saturated carbocycles. The molecule has 0 aliphatic carbocycles. The monoisotopic (exact) mass is 466 g/mol. The standard InChI is InChI=1S/C15H22N2Si.C9H8N2.C4H9.Li/c1-15(2,3)18(4,5)14-16-11-12-17(14)13-9-7-6-8-10-13;1-2-4-9(5-3-1)11-7-6-10-8-11;1-3-4-2;/h6-12H,1-5H3;1-8H;1,3-4H2,2H3;/q;;-1;+1. The van der Waals surface area contributed by atoms with Gasteiger partial charge in [-0.1, -0.05) is 83.6 Å². The van der Waals surface area contributed by atoms with Crippen LogP contribution in [0.2, 0.25) is 18.1 Å². The number of unbranched alkanes of at least 4 members (excludes halogenated alkanes) is 1. The van der Waals surface area contributed by atoms with Crippen molar-refractivity contribution in [2.75, 3.05) is 0 Å². The summed E-state index contributed by atoms with van der Waals surface area (Å²) in [7, 11) is -1.60. The Labute approximate surface area is 219 Å². The van der Waals surface area contributed by atoms with Crippen molar-refractivity contribution >= 4 is 13.5 Å². The third-order valence-electron chi connectivity index (χ3n) is 6.02. The number of aromatic nitrogens is 4. The molecule has 2 aromatic heterocycles. The van der Waals surface area contributed by atoms with Gasteiger partial charge in [-0.15, -0.1) is 0 Å². The maximum atomic E-state index is 4.66. The van der Waals surface area contributed by atoms with Gasteiger partial charge in [0.15, 0.2) is 0 Å². The number of benzene rings is 2. The van der Waals surface area contributed by atoms with E-state index in [1.165, 1.54) is 17.6 Å². The van der Waals surface area contributed by atoms with Gasteiger partial charge in [0.05, 0.1) is 11.8 Å². The van der Waals surface area contributed by atoms with Gasteiger partial charge in [0, 0.05) is 36.2 Å². The van der Waals surface area contributed by atoms with E-state index in [0.717, 1.165) is 12.1 Å². The van der Waals surface area contributed by atoms with E-state index in [1.807, 2.05) is 53.4 Å². The number of nitrogens with zero attached hydrogens (tertiary/aromatic N) is 4. The average Bonchev–Trinajstić information content (AvgIpc) is 3.53. The number of hydrogen-bond acceptors (Lipinski definition) is 2. The minimum absolute atomic E-state index is 0. The molecule has 0 spiro atoms. The van der Waals surface area contributed by atoms with Crippen LogP contribution in [0.3, 0.4) is 0 Å². The molecule has 0 bridgehead atoms. The molecule has 0 fully saturated rings. The second-order valence-corrected chi connectivity index (χ2v) is 14.7. The zero-order valence-corrected chi connectivity index (χ0v) is 23.1. The van der Waals surface area contributed by atoms with E-state index < -0.39 is 8.07 Å². The van der Waals surface area contributed by atoms with Crippen molar-refractivity contribution in [2.45, 2.75) is 58.7 Å². The van der Waals surface area contributed by atoms with E-state index in [4.69, 9.17) is 0 Å². The van der Waals surface area contributed by atoms with Crippen molar-refractivity contribution in [1.82, 2.24) is 19.1 Å². The molecule has 0 saturated heterocycles. The summed E-state index contributed by atoms with van der Waals surface area (Å²) >= 11 is 0. The van der Waals surface area contributed by atoms with Crippen molar-refractivity contribution in [1.29, 1.82) is 0 Å². The number of imidazole rings is 2. The molecule has 0 amide bonds. The number of hydrogen-bond donors (Lipinski definition) is 0. The fraction of sp³-hybridized carbons (Fsp3) is 0.321. The fourth-order valence-corrected chi connectivity index (χ4v) is 4.78. The second-order valence-electron chi connectivity index (χ2n) is 9.49. The van der Waals surface area contributed by atoms with Crippen LogP contribution in [0.25, 0.3) is 11.4 Å². The fourth-order valence-electron chi connectivity index (χ4n) is 2.91. The Morgan fingerprint density at radius 3 is 1.82 bits per heavy atom. The Kier molecular flexibility index (Phi) is 12.4. The molecule has 0 aliphatic heterocycles. The topological polar surface area (TPSA) is 35.6 Å². The molecule has 0 atom stereocenters. The Morgan fingerprint density at radius 1 is 0.853 bits per heavy atom. The van der Waals surface area contributed by atoms with E-state index in [-0.39, 0.29) is 18.9 Å². The summed E-state index contributed by atoms with van der Waals surface area (Å²) in [6, 6.07) is 20.6. The second kappa shape index (κ2) is 14.2. The van der Waals surface area contributed by atoms with Crippen molar-refractivity contribution in [3.8, 4) is 11.4 Å². The third-order valence-corrected chi connectivity index (χ3v) is 11.3. The van der Waals surface area contributed by atoms with Crippen LogP contribution in [0.5, 0.6) is 0 Å². The first-order valence-corrected chi connectivity index (χ1v) is 14.6. The van der Waals surface area contributed by atoms with Crippen LogP contribution in [-0.4, -0.2) is 27.2 Å². The summed E-state index contributed by atoms with van der Waals surface area (Å²) in [5.74, 6) is 0. The van der Waals surface area contributed by atoms with E-state index in [1.54, 1.807) is 12.5 Å². The summed E-state index contributed by atoms with van der Waals surface area (Å²) < 4.78 is 4.22. The number of rotatable bonds is 4. The SMILES string of the molecule is CC(C)(C)[Si](C)(C)c1nccn1-c1ccccc1.[CH2-]CCC.[Li+].c1ccc(-n2ccnc2)cc1. The van der Waals surface area contributed by atoms with Crippen LogP contribution >= 0.6 is 0 Å². The van der Waals surface area contributed by atoms with E-state index in [2.05, 4.69) is 92.7 Å². The van der Waals surface area contributed by atoms with Gasteiger partial charge < -0.3 is 16.1 Å². The molecule has 34 heavy (non-hydrogen) atoms. The first kappa shape index (κ1) is 29.7. The Hall–Kier alpha value is -2.33. The smallest absolute Gasteiger partial charge is 0.343 e. The summed E-state index contributed by atoms with van der Waals surface area (Å²) in [5.41, 5.74) is 3.60. The van der Waals surface area contributed by atoms with Crippen LogP contribution < -0.4 is 24.3 Å². The number of para-hydroxylation sites is 2. The molecular formula is C28H39LiN4Si. The van der Waals surface area contributed by atoms with Gasteiger partial charge in [-0.05, 0) is 29.3 Å². The molecule has 4 aromatic rings. The van der Waals surface area contributed by atoms with Crippen LogP contribution in [-0.2, 0) is 0 Å². The molecule has 6 heteroatoms. The Bertz CT molecular complexity index is 1030. The molecule has 0 aliphatic rings. The van der Waals surface area contributed by atoms with Crippen molar-refractivity contribution in [3.63, 3.8) is 0 Å². The minimum Gasteiger partial charge on any atom is -0.343 e. The third kappa shape index (κ3) is 8.16. The predicted octanol–water partition coefficient (Wildman–Crippen LogP) is 4.08. The van der Waals surface area contributed by atoms with Crippen LogP contribution in [0.4, 0.5) is 0 Å². The zero-order valence-electron chi connectivity index (χ0n) is 22.1. The van der Waals surface area contributed by atoms with Crippen molar-refractivity contribution in [3.05, 3.63) is 98.7 Å². The van der Waals surface area contributed by atoms with Gasteiger partial charge in [-0.2, -0.15) is 6.42 Å². The van der Waals surface area contributed by atoms with E-state index in [9.17, 15) is 0 Å². The van der Waals surface area contributed by atoms with Gasteiger partial charge in [-0.25, -0.2) is 9.97 Å². The zero-order chi connectivity index (χ0) is 24.3. The first-order valence-electron chi connectivity index (χ1n) is 11.6. The summed E-state index contributed by atoms with van der Waals surface area (Å²) in [5, 5.41) is 0.297. The maximum absolute atomic E-state index is 4.66. The molecule has 2 aromatic carbocycles. The molecule has 0 unspecified atom stereocenters. The van der Waals surface area contributed by atoms with Crippen molar-refractivity contribution < 1.29 is 18.9 Å². The van der Waals surface area contributed by atoms with Gasteiger partial charge >= 0.3 is 18.9 Å². The van der Waals surface area contributed by atoms with Crippen LogP contribution in [0.15, 0.2) is 91.8 Å². The molecule has 176 valence electrons. The quantitative estimate of drug-likeness (QED) is 0.336. The Balaban J connectivity index is 0.000000308. The first-order chi connectivity index (χ1) is 15.7. The molecule has 2 heterocycles. The predicted molar refractivity (Wildman–Crippen MR) is 144 cm³/mol. The van der Waals surface area contributed by atoms with Crippen molar-refractivity contribution in [2.24, 2.45) is 0 Å². The van der Waals surface area contributed by atoms with Gasteiger partial charge in [0.25, 0.3) is 0 Å².